The molecule has 1 aromatic heterocycles. The number of furan rings is 1. The van der Waals surface area contributed by atoms with Crippen LogP contribution in [0.25, 0.3) is 0 Å². The van der Waals surface area contributed by atoms with Crippen LogP contribution >= 0.6 is 0 Å². The van der Waals surface area contributed by atoms with Crippen LogP contribution in [0.4, 0.5) is 0 Å². The predicted molar refractivity (Wildman–Crippen MR) is 167 cm³/mol. The Morgan fingerprint density at radius 1 is 0.933 bits per heavy atom. The molecule has 1 fully saturated rings. The molecule has 242 valence electrons. The Hall–Kier alpha value is -4.45. The quantitative estimate of drug-likeness (QED) is 0.341. The van der Waals surface area contributed by atoms with Gasteiger partial charge in [0.25, 0.3) is 0 Å². The van der Waals surface area contributed by atoms with Gasteiger partial charge in [-0.3, -0.25) is 28.9 Å². The maximum Gasteiger partial charge on any atom is 0.243 e. The average Bonchev–Trinajstić information content (AvgIpc) is 3.52. The summed E-state index contributed by atoms with van der Waals surface area (Å²) < 4.78 is 5.47. The number of benzene rings is 1. The van der Waals surface area contributed by atoms with E-state index in [2.05, 4.69) is 26.2 Å². The van der Waals surface area contributed by atoms with Crippen LogP contribution in [-0.2, 0) is 43.4 Å². The third-order valence-electron chi connectivity index (χ3n) is 8.17. The zero-order valence-corrected chi connectivity index (χ0v) is 25.6. The van der Waals surface area contributed by atoms with Gasteiger partial charge in [-0.2, -0.15) is 0 Å². The summed E-state index contributed by atoms with van der Waals surface area (Å²) in [4.78, 5) is 66.0. The minimum Gasteiger partial charge on any atom is -0.469 e. The number of hydrogen-bond acceptors (Lipinski definition) is 7. The second-order valence-electron chi connectivity index (χ2n) is 11.8. The van der Waals surface area contributed by atoms with Gasteiger partial charge in [0.1, 0.15) is 17.8 Å². The van der Waals surface area contributed by atoms with Gasteiger partial charge < -0.3 is 31.4 Å². The van der Waals surface area contributed by atoms with Crippen LogP contribution in [0, 0.1) is 5.92 Å². The normalized spacial score (nSPS) is 25.6. The second kappa shape index (κ2) is 17.1. The van der Waals surface area contributed by atoms with Crippen LogP contribution in [0.2, 0.25) is 0 Å². The van der Waals surface area contributed by atoms with Gasteiger partial charge in [-0.15, -0.1) is 0 Å². The van der Waals surface area contributed by atoms with E-state index < -0.39 is 18.0 Å². The van der Waals surface area contributed by atoms with E-state index in [0.717, 1.165) is 31.5 Å². The third-order valence-corrected chi connectivity index (χ3v) is 8.17. The molecular formula is C33H44N6O6. The van der Waals surface area contributed by atoms with Gasteiger partial charge in [0, 0.05) is 45.1 Å². The van der Waals surface area contributed by atoms with Crippen molar-refractivity contribution >= 4 is 29.5 Å². The van der Waals surface area contributed by atoms with Crippen molar-refractivity contribution in [2.24, 2.45) is 11.7 Å². The number of rotatable bonds is 3. The van der Waals surface area contributed by atoms with Crippen LogP contribution in [0.1, 0.15) is 55.4 Å². The summed E-state index contributed by atoms with van der Waals surface area (Å²) in [5, 5.41) is 11.4. The first-order chi connectivity index (χ1) is 21.8. The van der Waals surface area contributed by atoms with E-state index in [1.807, 2.05) is 18.2 Å². The summed E-state index contributed by atoms with van der Waals surface area (Å²) in [5.74, 6) is -1.08. The number of carbonyl (C=O) groups excluding carboxylic acids is 5. The molecule has 2 aliphatic heterocycles. The Balaban J connectivity index is 1.49. The van der Waals surface area contributed by atoms with E-state index in [-0.39, 0.29) is 55.4 Å². The van der Waals surface area contributed by atoms with Crippen molar-refractivity contribution in [1.82, 2.24) is 26.2 Å². The summed E-state index contributed by atoms with van der Waals surface area (Å²) in [7, 11) is 0. The number of nitrogens with one attached hydrogen (secondary N) is 4. The molecule has 2 bridgehead atoms. The topological polar surface area (TPSA) is 176 Å². The van der Waals surface area contributed by atoms with E-state index in [1.165, 1.54) is 12.3 Å². The second-order valence-corrected chi connectivity index (χ2v) is 11.8. The number of amides is 5. The highest BCUT2D eigenvalue weighted by Crippen LogP contribution is 2.20. The van der Waals surface area contributed by atoms with Gasteiger partial charge in [-0.25, -0.2) is 0 Å². The molecule has 0 aliphatic carbocycles. The summed E-state index contributed by atoms with van der Waals surface area (Å²) >= 11 is 0. The van der Waals surface area contributed by atoms with Crippen molar-refractivity contribution < 1.29 is 28.4 Å². The highest BCUT2D eigenvalue weighted by molar-refractivity contribution is 5.89. The van der Waals surface area contributed by atoms with E-state index in [1.54, 1.807) is 24.3 Å². The van der Waals surface area contributed by atoms with Gasteiger partial charge >= 0.3 is 0 Å². The van der Waals surface area contributed by atoms with Gasteiger partial charge in [0.15, 0.2) is 0 Å². The highest BCUT2D eigenvalue weighted by Gasteiger charge is 2.26. The van der Waals surface area contributed by atoms with E-state index in [4.69, 9.17) is 10.2 Å². The van der Waals surface area contributed by atoms with Crippen molar-refractivity contribution in [1.29, 1.82) is 0 Å². The molecule has 3 heterocycles. The molecule has 2 aromatic rings. The molecule has 4 atom stereocenters. The number of primary amides is 1. The molecule has 1 unspecified atom stereocenters. The van der Waals surface area contributed by atoms with Crippen LogP contribution in [0.3, 0.4) is 0 Å². The fourth-order valence-electron chi connectivity index (χ4n) is 5.80. The molecule has 0 radical (unpaired) electrons. The fraction of sp³-hybridized carbons (Fsp3) is 0.485. The Bertz CT molecular complexity index is 1340. The predicted octanol–water partition coefficient (Wildman–Crippen LogP) is 1.09. The molecule has 0 spiro atoms. The van der Waals surface area contributed by atoms with Crippen molar-refractivity contribution in [2.75, 3.05) is 26.2 Å². The number of nitrogens with two attached hydrogens (primary N) is 1. The SMILES string of the molecule is NC(=O)[C@@H]1CCCCNC(=O)/C=C/CN2CCC[C@H](CC(=O)N[C@@H](Cc3ccco3)C(=O)NCc3ccccc3CC(=O)N1)C2. The monoisotopic (exact) mass is 620 g/mol. The minimum absolute atomic E-state index is 0.0107. The lowest BCUT2D eigenvalue weighted by atomic mass is 9.94. The maximum atomic E-state index is 13.4. The summed E-state index contributed by atoms with van der Waals surface area (Å²) in [6.45, 7) is 2.77. The smallest absolute Gasteiger partial charge is 0.243 e. The molecule has 5 amide bonds. The van der Waals surface area contributed by atoms with Gasteiger partial charge in [-0.1, -0.05) is 30.3 Å². The Labute approximate surface area is 263 Å². The molecule has 45 heavy (non-hydrogen) atoms. The Morgan fingerprint density at radius 2 is 1.76 bits per heavy atom. The lowest BCUT2D eigenvalue weighted by Crippen LogP contribution is -2.48. The van der Waals surface area contributed by atoms with Gasteiger partial charge in [0.2, 0.25) is 29.5 Å². The lowest BCUT2D eigenvalue weighted by Gasteiger charge is -2.32. The summed E-state index contributed by atoms with van der Waals surface area (Å²) in [5.41, 5.74) is 6.98. The van der Waals surface area contributed by atoms with Crippen molar-refractivity contribution in [2.45, 2.75) is 70.0 Å². The number of carbonyl (C=O) groups is 5. The molecule has 1 saturated heterocycles. The van der Waals surface area contributed by atoms with Gasteiger partial charge in [0.05, 0.1) is 12.7 Å². The minimum atomic E-state index is -0.856. The van der Waals surface area contributed by atoms with E-state index in [9.17, 15) is 24.0 Å². The molecule has 12 nitrogen and oxygen atoms in total. The van der Waals surface area contributed by atoms with Crippen LogP contribution in [-0.4, -0.2) is 72.7 Å². The first-order valence-electron chi connectivity index (χ1n) is 15.7. The molecule has 12 heteroatoms. The van der Waals surface area contributed by atoms with E-state index in [0.29, 0.717) is 43.7 Å². The summed E-state index contributed by atoms with van der Waals surface area (Å²) in [6, 6.07) is 9.02. The molecule has 2 aliphatic rings. The summed E-state index contributed by atoms with van der Waals surface area (Å²) in [6.07, 6.45) is 8.73. The standard InChI is InChI=1S/C33H44N6O6/c34-32(43)27-12-3-4-14-35-29(40)13-6-16-39-15-5-8-23(22-39)18-30(41)38-28(20-26-11-7-17-45-26)33(44)36-21-25-10-2-1-9-24(25)19-31(42)37-27/h1-2,6-7,9-11,13,17,23,27-28H,3-5,8,12,14-16,18-22H2,(H2,34,43)(H,35,40)(H,36,44)(H,37,42)(H,38,41)/b13-6+/t23-,27+,28+/m1/s1. The maximum absolute atomic E-state index is 13.4. The largest absolute Gasteiger partial charge is 0.469 e. The number of piperidine rings is 1. The van der Waals surface area contributed by atoms with Crippen LogP contribution < -0.4 is 27.0 Å². The molecule has 4 rings (SSSR count). The first kappa shape index (κ1) is 33.4. The Kier molecular flexibility index (Phi) is 12.7. The third kappa shape index (κ3) is 11.2. The Morgan fingerprint density at radius 3 is 2.53 bits per heavy atom. The zero-order chi connectivity index (χ0) is 32.0. The highest BCUT2D eigenvalue weighted by atomic mass is 16.3. The number of nitrogens with zero attached hydrogens (tertiary/aromatic N) is 1. The molecular weight excluding hydrogens is 576 g/mol. The van der Waals surface area contributed by atoms with E-state index >= 15 is 0 Å². The molecule has 6 N–H and O–H groups in total. The van der Waals surface area contributed by atoms with Crippen LogP contribution in [0.5, 0.6) is 0 Å². The number of fused-ring (bicyclic) bond motifs is 3. The molecule has 0 saturated carbocycles. The average molecular weight is 621 g/mol. The first-order valence-corrected chi connectivity index (χ1v) is 15.7. The lowest BCUT2D eigenvalue weighted by molar-refractivity contribution is -0.129. The van der Waals surface area contributed by atoms with Crippen LogP contribution in [0.15, 0.2) is 59.2 Å². The van der Waals surface area contributed by atoms with Crippen molar-refractivity contribution in [3.05, 3.63) is 71.7 Å². The van der Waals surface area contributed by atoms with Crippen molar-refractivity contribution in [3.63, 3.8) is 0 Å². The van der Waals surface area contributed by atoms with Crippen molar-refractivity contribution in [3.8, 4) is 0 Å². The molecule has 1 aromatic carbocycles. The zero-order valence-electron chi connectivity index (χ0n) is 25.6. The van der Waals surface area contributed by atoms with Gasteiger partial charge in [-0.05, 0) is 67.8 Å². The number of hydrogen-bond donors (Lipinski definition) is 5. The fourth-order valence-corrected chi connectivity index (χ4v) is 5.80.